The third kappa shape index (κ3) is 3.05. The van der Waals surface area contributed by atoms with E-state index in [4.69, 9.17) is 10.2 Å². The van der Waals surface area contributed by atoms with Gasteiger partial charge < -0.3 is 15.5 Å². The van der Waals surface area contributed by atoms with Crippen molar-refractivity contribution in [1.82, 2.24) is 0 Å². The van der Waals surface area contributed by atoms with E-state index in [1.165, 1.54) is 0 Å². The Morgan fingerprint density at radius 2 is 1.71 bits per heavy atom. The summed E-state index contributed by atoms with van der Waals surface area (Å²) < 4.78 is 5.62. The summed E-state index contributed by atoms with van der Waals surface area (Å²) in [6.07, 6.45) is 0. The van der Waals surface area contributed by atoms with E-state index in [9.17, 15) is 9.59 Å². The van der Waals surface area contributed by atoms with E-state index >= 15 is 0 Å². The maximum atomic E-state index is 12.4. The molecule has 0 aliphatic rings. The van der Waals surface area contributed by atoms with Crippen LogP contribution in [0.1, 0.15) is 26.5 Å². The number of benzene rings is 2. The number of carbonyl (C=O) groups is 2. The number of furan rings is 1. The summed E-state index contributed by atoms with van der Waals surface area (Å²) in [6, 6.07) is 17.9. The van der Waals surface area contributed by atoms with Gasteiger partial charge in [0.25, 0.3) is 5.91 Å². The number of hydrogen-bond donors (Lipinski definition) is 2. The van der Waals surface area contributed by atoms with Gasteiger partial charge in [0.1, 0.15) is 5.76 Å². The summed E-state index contributed by atoms with van der Waals surface area (Å²) in [5.41, 5.74) is 7.73. The van der Waals surface area contributed by atoms with Crippen LogP contribution >= 0.6 is 0 Å². The summed E-state index contributed by atoms with van der Waals surface area (Å²) in [6.45, 7) is 1.73. The van der Waals surface area contributed by atoms with Gasteiger partial charge in [-0.15, -0.1) is 0 Å². The third-order valence-electron chi connectivity index (χ3n) is 3.74. The highest BCUT2D eigenvalue weighted by Gasteiger charge is 2.15. The fraction of sp³-hybridized carbons (Fsp3) is 0.0526. The van der Waals surface area contributed by atoms with Crippen molar-refractivity contribution in [3.8, 4) is 11.3 Å². The molecule has 0 atom stereocenters. The standard InChI is InChI=1S/C19H16N2O3/c1-12-14(18(20)22)8-5-9-15(12)21-19(23)17-11-10-16(24-17)13-6-3-2-4-7-13/h2-11H,1H3,(H2,20,22)(H,21,23). The minimum absolute atomic E-state index is 0.192. The van der Waals surface area contributed by atoms with E-state index in [1.807, 2.05) is 30.3 Å². The molecule has 3 aromatic rings. The molecule has 5 heteroatoms. The number of primary amides is 1. The van der Waals surface area contributed by atoms with Crippen molar-refractivity contribution in [2.75, 3.05) is 5.32 Å². The number of carbonyl (C=O) groups excluding carboxylic acids is 2. The molecule has 0 radical (unpaired) electrons. The molecule has 3 rings (SSSR count). The molecule has 0 spiro atoms. The Morgan fingerprint density at radius 1 is 0.958 bits per heavy atom. The van der Waals surface area contributed by atoms with Crippen molar-refractivity contribution in [3.05, 3.63) is 77.6 Å². The maximum Gasteiger partial charge on any atom is 0.291 e. The SMILES string of the molecule is Cc1c(NC(=O)c2ccc(-c3ccccc3)o2)cccc1C(N)=O. The van der Waals surface area contributed by atoms with E-state index < -0.39 is 5.91 Å². The first-order valence-electron chi connectivity index (χ1n) is 7.42. The lowest BCUT2D eigenvalue weighted by Crippen LogP contribution is -2.16. The van der Waals surface area contributed by atoms with Gasteiger partial charge in [-0.1, -0.05) is 36.4 Å². The lowest BCUT2D eigenvalue weighted by molar-refractivity contribution is 0.0988. The fourth-order valence-corrected chi connectivity index (χ4v) is 2.44. The molecular formula is C19H16N2O3. The van der Waals surface area contributed by atoms with Gasteiger partial charge >= 0.3 is 0 Å². The van der Waals surface area contributed by atoms with Crippen molar-refractivity contribution >= 4 is 17.5 Å². The molecule has 0 saturated heterocycles. The Morgan fingerprint density at radius 3 is 2.42 bits per heavy atom. The summed E-state index contributed by atoms with van der Waals surface area (Å²) >= 11 is 0. The highest BCUT2D eigenvalue weighted by Crippen LogP contribution is 2.23. The Balaban J connectivity index is 1.83. The van der Waals surface area contributed by atoms with Crippen LogP contribution in [0.2, 0.25) is 0 Å². The van der Waals surface area contributed by atoms with Crippen LogP contribution in [0.15, 0.2) is 65.1 Å². The highest BCUT2D eigenvalue weighted by molar-refractivity contribution is 6.04. The van der Waals surface area contributed by atoms with Crippen LogP contribution < -0.4 is 11.1 Å². The Kier molecular flexibility index (Phi) is 4.16. The molecule has 2 aromatic carbocycles. The van der Waals surface area contributed by atoms with E-state index in [-0.39, 0.29) is 11.7 Å². The normalized spacial score (nSPS) is 10.4. The monoisotopic (exact) mass is 320 g/mol. The molecule has 0 bridgehead atoms. The number of nitrogens with one attached hydrogen (secondary N) is 1. The number of rotatable bonds is 4. The highest BCUT2D eigenvalue weighted by atomic mass is 16.3. The summed E-state index contributed by atoms with van der Waals surface area (Å²) in [4.78, 5) is 23.8. The van der Waals surface area contributed by atoms with E-state index in [2.05, 4.69) is 5.32 Å². The second-order valence-electron chi connectivity index (χ2n) is 5.33. The first kappa shape index (κ1) is 15.6. The van der Waals surface area contributed by atoms with Crippen LogP contribution in [0.3, 0.4) is 0 Å². The van der Waals surface area contributed by atoms with Gasteiger partial charge in [-0.2, -0.15) is 0 Å². The van der Waals surface area contributed by atoms with Crippen LogP contribution in [-0.4, -0.2) is 11.8 Å². The number of hydrogen-bond acceptors (Lipinski definition) is 3. The van der Waals surface area contributed by atoms with Gasteiger partial charge in [-0.3, -0.25) is 9.59 Å². The Labute approximate surface area is 139 Å². The van der Waals surface area contributed by atoms with E-state index in [0.717, 1.165) is 5.56 Å². The van der Waals surface area contributed by atoms with Crippen LogP contribution in [0.25, 0.3) is 11.3 Å². The predicted molar refractivity (Wildman–Crippen MR) is 91.8 cm³/mol. The predicted octanol–water partition coefficient (Wildman–Crippen LogP) is 3.61. The minimum atomic E-state index is -0.534. The molecule has 0 saturated carbocycles. The van der Waals surface area contributed by atoms with E-state index in [1.54, 1.807) is 37.3 Å². The van der Waals surface area contributed by atoms with Crippen LogP contribution in [0, 0.1) is 6.92 Å². The first-order chi connectivity index (χ1) is 11.6. The van der Waals surface area contributed by atoms with Crippen molar-refractivity contribution in [1.29, 1.82) is 0 Å². The molecule has 2 amide bonds. The topological polar surface area (TPSA) is 85.3 Å². The molecule has 120 valence electrons. The lowest BCUT2D eigenvalue weighted by Gasteiger charge is -2.09. The largest absolute Gasteiger partial charge is 0.451 e. The Hall–Kier alpha value is -3.34. The molecule has 0 aliphatic carbocycles. The number of nitrogens with two attached hydrogens (primary N) is 1. The summed E-state index contributed by atoms with van der Waals surface area (Å²) in [5, 5.41) is 2.75. The van der Waals surface area contributed by atoms with Crippen molar-refractivity contribution in [2.45, 2.75) is 6.92 Å². The zero-order valence-corrected chi connectivity index (χ0v) is 13.1. The second-order valence-corrected chi connectivity index (χ2v) is 5.33. The number of anilines is 1. The van der Waals surface area contributed by atoms with Gasteiger partial charge in [-0.05, 0) is 36.8 Å². The molecule has 0 fully saturated rings. The zero-order chi connectivity index (χ0) is 17.1. The molecule has 24 heavy (non-hydrogen) atoms. The molecule has 0 unspecified atom stereocenters. The molecule has 0 aliphatic heterocycles. The van der Waals surface area contributed by atoms with Gasteiger partial charge in [-0.25, -0.2) is 0 Å². The maximum absolute atomic E-state index is 12.4. The quantitative estimate of drug-likeness (QED) is 0.770. The van der Waals surface area contributed by atoms with E-state index in [0.29, 0.717) is 22.6 Å². The lowest BCUT2D eigenvalue weighted by atomic mass is 10.1. The van der Waals surface area contributed by atoms with Gasteiger partial charge in [0.05, 0.1) is 0 Å². The summed E-state index contributed by atoms with van der Waals surface area (Å²) in [5.74, 6) is -0.115. The molecule has 3 N–H and O–H groups in total. The molecule has 1 aromatic heterocycles. The zero-order valence-electron chi connectivity index (χ0n) is 13.1. The fourth-order valence-electron chi connectivity index (χ4n) is 2.44. The minimum Gasteiger partial charge on any atom is -0.451 e. The number of amides is 2. The third-order valence-corrected chi connectivity index (χ3v) is 3.74. The van der Waals surface area contributed by atoms with Crippen LogP contribution in [-0.2, 0) is 0 Å². The Bertz CT molecular complexity index is 898. The van der Waals surface area contributed by atoms with Crippen molar-refractivity contribution < 1.29 is 14.0 Å². The van der Waals surface area contributed by atoms with Crippen molar-refractivity contribution in [3.63, 3.8) is 0 Å². The van der Waals surface area contributed by atoms with Crippen LogP contribution in [0.4, 0.5) is 5.69 Å². The first-order valence-corrected chi connectivity index (χ1v) is 7.42. The molecule has 5 nitrogen and oxygen atoms in total. The van der Waals surface area contributed by atoms with Gasteiger partial charge in [0.2, 0.25) is 5.91 Å². The average Bonchev–Trinajstić information content (AvgIpc) is 3.07. The molecular weight excluding hydrogens is 304 g/mol. The van der Waals surface area contributed by atoms with Crippen LogP contribution in [0.5, 0.6) is 0 Å². The van der Waals surface area contributed by atoms with Gasteiger partial charge in [0, 0.05) is 16.8 Å². The second kappa shape index (κ2) is 6.42. The van der Waals surface area contributed by atoms with Crippen molar-refractivity contribution in [2.24, 2.45) is 5.73 Å². The average molecular weight is 320 g/mol. The smallest absolute Gasteiger partial charge is 0.291 e. The summed E-state index contributed by atoms with van der Waals surface area (Å²) in [7, 11) is 0. The molecule has 1 heterocycles. The van der Waals surface area contributed by atoms with Gasteiger partial charge in [0.15, 0.2) is 5.76 Å².